The summed E-state index contributed by atoms with van der Waals surface area (Å²) in [7, 11) is 0. The van der Waals surface area contributed by atoms with E-state index in [1.165, 1.54) is 4.90 Å². The Labute approximate surface area is 295 Å². The summed E-state index contributed by atoms with van der Waals surface area (Å²) in [5, 5.41) is 62.3. The highest BCUT2D eigenvalue weighted by atomic mass is 16.8. The lowest BCUT2D eigenvalue weighted by atomic mass is 9.84. The minimum absolute atomic E-state index is 0.214. The molecule has 0 amide bonds. The number of nitro groups is 1. The average molecular weight is 728 g/mol. The van der Waals surface area contributed by atoms with Crippen LogP contribution in [0.1, 0.15) is 30.4 Å². The summed E-state index contributed by atoms with van der Waals surface area (Å²) in [5.41, 5.74) is -1.42. The van der Waals surface area contributed by atoms with Gasteiger partial charge in [-0.15, -0.1) is 0 Å². The van der Waals surface area contributed by atoms with Gasteiger partial charge in [-0.25, -0.2) is 4.90 Å². The Morgan fingerprint density at radius 2 is 1.48 bits per heavy atom. The first-order chi connectivity index (χ1) is 24.6. The van der Waals surface area contributed by atoms with Crippen LogP contribution in [0.5, 0.6) is 11.5 Å². The van der Waals surface area contributed by atoms with E-state index in [0.717, 1.165) is 17.7 Å². The number of fused-ring (bicyclic) bond motifs is 1. The Balaban J connectivity index is 1.48. The van der Waals surface area contributed by atoms with E-state index in [4.69, 9.17) is 18.9 Å². The van der Waals surface area contributed by atoms with Crippen molar-refractivity contribution in [2.75, 3.05) is 37.9 Å². The number of carboxylic acid groups (broad SMARTS) is 4. The zero-order valence-electron chi connectivity index (χ0n) is 27.9. The van der Waals surface area contributed by atoms with Crippen molar-refractivity contribution in [3.05, 3.63) is 87.2 Å². The lowest BCUT2D eigenvalue weighted by Crippen LogP contribution is -2.60. The molecule has 0 aromatic heterocycles. The van der Waals surface area contributed by atoms with Crippen molar-refractivity contribution in [3.63, 3.8) is 0 Å². The monoisotopic (exact) mass is 727 g/mol. The van der Waals surface area contributed by atoms with Gasteiger partial charge in [0, 0.05) is 12.0 Å². The van der Waals surface area contributed by atoms with Crippen LogP contribution in [0, 0.1) is 17.0 Å². The van der Waals surface area contributed by atoms with Crippen molar-refractivity contribution in [1.29, 1.82) is 0 Å². The summed E-state index contributed by atoms with van der Waals surface area (Å²) in [6.07, 6.45) is 2.06. The number of anilines is 1. The van der Waals surface area contributed by atoms with E-state index in [2.05, 4.69) is 0 Å². The zero-order valence-corrected chi connectivity index (χ0v) is 27.9. The smallest absolute Gasteiger partial charge is 0.323 e. The number of para-hydroxylation sites is 1. The number of aliphatic hydroxyl groups is 1. The molecule has 278 valence electrons. The molecule has 0 radical (unpaired) electrons. The van der Waals surface area contributed by atoms with E-state index in [9.17, 15) is 54.8 Å². The fraction of sp³-hybridized carbons (Fsp3) is 0.412. The van der Waals surface area contributed by atoms with Gasteiger partial charge in [-0.05, 0) is 61.6 Å². The van der Waals surface area contributed by atoms with Gasteiger partial charge in [-0.3, -0.25) is 29.3 Å². The molecule has 0 spiro atoms. The zero-order chi connectivity index (χ0) is 37.8. The third kappa shape index (κ3) is 8.09. The van der Waals surface area contributed by atoms with E-state index in [1.54, 1.807) is 49.4 Å². The Morgan fingerprint density at radius 1 is 0.885 bits per heavy atom. The molecule has 2 aromatic rings. The highest BCUT2D eigenvalue weighted by Crippen LogP contribution is 2.44. The molecule has 1 saturated carbocycles. The van der Waals surface area contributed by atoms with Crippen LogP contribution in [0.3, 0.4) is 0 Å². The second-order valence-electron chi connectivity index (χ2n) is 12.6. The third-order valence-electron chi connectivity index (χ3n) is 8.84. The molecule has 5 N–H and O–H groups in total. The van der Waals surface area contributed by atoms with Crippen LogP contribution >= 0.6 is 0 Å². The summed E-state index contributed by atoms with van der Waals surface area (Å²) in [4.78, 5) is 60.8. The minimum Gasteiger partial charge on any atom is -0.486 e. The minimum atomic E-state index is -2.60. The number of hydrogen-bond acceptors (Lipinski definition) is 13. The van der Waals surface area contributed by atoms with Crippen molar-refractivity contribution < 1.29 is 68.6 Å². The fourth-order valence-corrected chi connectivity index (χ4v) is 6.61. The predicted molar refractivity (Wildman–Crippen MR) is 176 cm³/mol. The molecule has 2 aromatic carbocycles. The van der Waals surface area contributed by atoms with Crippen LogP contribution in [-0.2, 0) is 35.1 Å². The molecule has 1 aliphatic heterocycles. The second kappa shape index (κ2) is 15.3. The third-order valence-corrected chi connectivity index (χ3v) is 8.84. The number of carboxylic acids is 4. The molecule has 5 rings (SSSR count). The van der Waals surface area contributed by atoms with Gasteiger partial charge in [0.2, 0.25) is 5.79 Å². The number of aryl methyl sites for hydroxylation is 1. The van der Waals surface area contributed by atoms with Gasteiger partial charge in [0.25, 0.3) is 0 Å². The molecule has 2 aliphatic carbocycles. The molecule has 2 fully saturated rings. The Kier molecular flexibility index (Phi) is 11.0. The number of carbonyl (C=O) groups is 4. The molecule has 18 heteroatoms. The first-order valence-electron chi connectivity index (χ1n) is 16.1. The fourth-order valence-electron chi connectivity index (χ4n) is 6.61. The normalized spacial score (nSPS) is 23.5. The lowest BCUT2D eigenvalue weighted by Gasteiger charge is -2.38. The predicted octanol–water partition coefficient (Wildman–Crippen LogP) is 1.85. The van der Waals surface area contributed by atoms with Gasteiger partial charge >= 0.3 is 29.5 Å². The lowest BCUT2D eigenvalue weighted by molar-refractivity contribution is -0.574. The maximum Gasteiger partial charge on any atom is 0.323 e. The van der Waals surface area contributed by atoms with Gasteiger partial charge in [0.15, 0.2) is 12.6 Å². The van der Waals surface area contributed by atoms with Crippen molar-refractivity contribution in [2.24, 2.45) is 0 Å². The molecule has 4 atom stereocenters. The highest BCUT2D eigenvalue weighted by Gasteiger charge is 2.59. The van der Waals surface area contributed by atoms with Crippen molar-refractivity contribution in [1.82, 2.24) is 4.90 Å². The van der Waals surface area contributed by atoms with Crippen LogP contribution < -0.4 is 14.4 Å². The van der Waals surface area contributed by atoms with Gasteiger partial charge < -0.3 is 49.4 Å². The van der Waals surface area contributed by atoms with Crippen LogP contribution in [0.25, 0.3) is 0 Å². The Hall–Kier alpha value is -5.72. The standard InChI is InChI=1S/C34H37N3O15/c1-20-9-10-23(35(15-29(38)39)16-30(40)41)27(11-20)52-26-8-4-7-25(26)51-24-6-3-2-5-21(24)12-22-13-34(46)28(49-19-50-34)14-33(22,37(47)48)36(17-31(42)43)18-32(44)45/h2-3,5-6,9-11,13-14,25-26,46H,4,7-8,12,15-19H2,1H3,(H,38,39)(H,40,41)(H,42,43)(H,44,45). The van der Waals surface area contributed by atoms with Crippen LogP contribution in [0.2, 0.25) is 0 Å². The summed E-state index contributed by atoms with van der Waals surface area (Å²) < 4.78 is 23.5. The molecular weight excluding hydrogens is 690 g/mol. The van der Waals surface area contributed by atoms with Crippen molar-refractivity contribution in [3.8, 4) is 11.5 Å². The van der Waals surface area contributed by atoms with Gasteiger partial charge in [-0.2, -0.15) is 0 Å². The van der Waals surface area contributed by atoms with E-state index >= 15 is 0 Å². The summed E-state index contributed by atoms with van der Waals surface area (Å²) in [6, 6.07) is 11.5. The second-order valence-corrected chi connectivity index (χ2v) is 12.6. The molecule has 3 aliphatic rings. The number of benzene rings is 2. The summed E-state index contributed by atoms with van der Waals surface area (Å²) in [6.45, 7) is -1.97. The van der Waals surface area contributed by atoms with Crippen LogP contribution in [0.4, 0.5) is 5.69 Å². The number of rotatable bonds is 17. The summed E-state index contributed by atoms with van der Waals surface area (Å²) >= 11 is 0. The van der Waals surface area contributed by atoms with E-state index in [1.807, 2.05) is 0 Å². The molecule has 4 unspecified atom stereocenters. The van der Waals surface area contributed by atoms with E-state index in [0.29, 0.717) is 29.7 Å². The molecule has 1 saturated heterocycles. The largest absolute Gasteiger partial charge is 0.486 e. The first kappa shape index (κ1) is 37.5. The number of aliphatic carboxylic acids is 4. The topological polar surface area (TPSA) is 256 Å². The number of hydrogen-bond donors (Lipinski definition) is 5. The van der Waals surface area contributed by atoms with E-state index in [-0.39, 0.29) is 29.2 Å². The summed E-state index contributed by atoms with van der Waals surface area (Å²) in [5.74, 6) is -7.67. The maximum atomic E-state index is 13.0. The van der Waals surface area contributed by atoms with Crippen LogP contribution in [-0.4, -0.2) is 116 Å². The Morgan fingerprint density at radius 3 is 2.08 bits per heavy atom. The Bertz CT molecular complexity index is 1780. The van der Waals surface area contributed by atoms with Crippen molar-refractivity contribution in [2.45, 2.75) is 56.3 Å². The maximum absolute atomic E-state index is 13.0. The molecular formula is C34H37N3O15. The molecule has 52 heavy (non-hydrogen) atoms. The number of ether oxygens (including phenoxy) is 4. The first-order valence-corrected chi connectivity index (χ1v) is 16.1. The SMILES string of the molecule is Cc1ccc(N(CC(=O)O)CC(=O)O)c(OC2CCCC2Oc2ccccc2CC2=CC3(O)OCOC3=CC2(N(CC(=O)O)CC(=O)O)[N+](=O)[O-])c1. The molecule has 18 nitrogen and oxygen atoms in total. The molecule has 0 bridgehead atoms. The van der Waals surface area contributed by atoms with Crippen LogP contribution in [0.15, 0.2) is 65.9 Å². The van der Waals surface area contributed by atoms with Crippen molar-refractivity contribution >= 4 is 29.6 Å². The van der Waals surface area contributed by atoms with Gasteiger partial charge in [0.1, 0.15) is 49.9 Å². The van der Waals surface area contributed by atoms with Gasteiger partial charge in [-0.1, -0.05) is 24.3 Å². The van der Waals surface area contributed by atoms with Gasteiger partial charge in [0.05, 0.1) is 16.7 Å². The average Bonchev–Trinajstić information content (AvgIpc) is 3.64. The number of nitrogens with zero attached hydrogens (tertiary/aromatic N) is 3. The molecule has 1 heterocycles. The highest BCUT2D eigenvalue weighted by molar-refractivity contribution is 5.81. The quantitative estimate of drug-likeness (QED) is 0.0674. The van der Waals surface area contributed by atoms with E-state index < -0.39 is 91.2 Å².